The van der Waals surface area contributed by atoms with Crippen LogP contribution in [0.4, 0.5) is 11.4 Å². The summed E-state index contributed by atoms with van der Waals surface area (Å²) >= 11 is 0. The van der Waals surface area contributed by atoms with Gasteiger partial charge >= 0.3 is 0 Å². The quantitative estimate of drug-likeness (QED) is 0.436. The highest BCUT2D eigenvalue weighted by atomic mass is 32.2. The molecule has 25 heavy (non-hydrogen) atoms. The highest BCUT2D eigenvalue weighted by Gasteiger charge is 2.21. The summed E-state index contributed by atoms with van der Waals surface area (Å²) in [7, 11) is -3.73. The van der Waals surface area contributed by atoms with E-state index in [1.165, 1.54) is 12.1 Å². The second-order valence-corrected chi connectivity index (χ2v) is 7.19. The number of nitrogens with two attached hydrogens (primary N) is 1. The van der Waals surface area contributed by atoms with E-state index in [4.69, 9.17) is 5.14 Å². The van der Waals surface area contributed by atoms with E-state index < -0.39 is 10.0 Å². The van der Waals surface area contributed by atoms with E-state index in [-0.39, 0.29) is 10.8 Å². The smallest absolute Gasteiger partial charge is 0.238 e. The van der Waals surface area contributed by atoms with Crippen molar-refractivity contribution in [2.75, 3.05) is 10.7 Å². The maximum Gasteiger partial charge on any atom is 0.238 e. The number of rotatable bonds is 3. The topological polar surface area (TPSA) is 145 Å². The second-order valence-electron chi connectivity index (χ2n) is 5.63. The Hall–Kier alpha value is -3.11. The lowest BCUT2D eigenvalue weighted by Gasteiger charge is -2.02. The van der Waals surface area contributed by atoms with E-state index in [9.17, 15) is 13.2 Å². The molecule has 0 spiro atoms. The van der Waals surface area contributed by atoms with Crippen LogP contribution in [0.25, 0.3) is 10.9 Å². The number of primary sulfonamides is 1. The maximum absolute atomic E-state index is 11.6. The monoisotopic (exact) mass is 358 g/mol. The first-order valence-corrected chi connectivity index (χ1v) is 8.91. The lowest BCUT2D eigenvalue weighted by Crippen LogP contribution is -2.12. The molecule has 9 nitrogen and oxygen atoms in total. The Balaban J connectivity index is 1.71. The summed E-state index contributed by atoms with van der Waals surface area (Å²) in [5.74, 6) is -0.0545. The van der Waals surface area contributed by atoms with Gasteiger partial charge in [-0.25, -0.2) is 13.6 Å². The summed E-state index contributed by atoms with van der Waals surface area (Å²) in [5, 5.41) is 19.0. The van der Waals surface area contributed by atoms with Gasteiger partial charge in [0.15, 0.2) is 5.49 Å². The van der Waals surface area contributed by atoms with Gasteiger partial charge in [-0.3, -0.25) is 20.4 Å². The van der Waals surface area contributed by atoms with Crippen molar-refractivity contribution in [2.24, 2.45) is 10.2 Å². The van der Waals surface area contributed by atoms with Crippen LogP contribution in [0.1, 0.15) is 5.56 Å². The van der Waals surface area contributed by atoms with Gasteiger partial charge in [-0.15, -0.1) is 0 Å². The number of H-pyrrole nitrogens is 2. The third kappa shape index (κ3) is 2.77. The van der Waals surface area contributed by atoms with Gasteiger partial charge in [-0.1, -0.05) is 0 Å². The first-order valence-electron chi connectivity index (χ1n) is 7.36. The van der Waals surface area contributed by atoms with Crippen LogP contribution in [0, 0.1) is 0 Å². The zero-order valence-electron chi connectivity index (χ0n) is 12.8. The van der Waals surface area contributed by atoms with Crippen molar-refractivity contribution in [2.45, 2.75) is 11.3 Å². The molecule has 0 saturated carbocycles. The average Bonchev–Trinajstić information content (AvgIpc) is 3.14. The maximum atomic E-state index is 11.6. The highest BCUT2D eigenvalue weighted by Crippen LogP contribution is 2.27. The van der Waals surface area contributed by atoms with Gasteiger partial charge in [0.25, 0.3) is 0 Å². The second kappa shape index (κ2) is 5.46. The number of aromatic amines is 2. The number of carbonyl (C=O) groups excluding carboxylic acids is 1. The van der Waals surface area contributed by atoms with Crippen LogP contribution < -0.4 is 21.4 Å². The largest absolute Gasteiger partial charge is 0.326 e. The number of fused-ring (bicyclic) bond motifs is 3. The Labute approximate surface area is 142 Å². The zero-order valence-corrected chi connectivity index (χ0v) is 13.6. The molecule has 2 heterocycles. The number of hydrogen-bond acceptors (Lipinski definition) is 5. The van der Waals surface area contributed by atoms with E-state index in [1.807, 2.05) is 12.1 Å². The predicted octanol–water partition coefficient (Wildman–Crippen LogP) is 0.566. The van der Waals surface area contributed by atoms with E-state index in [1.54, 1.807) is 12.1 Å². The van der Waals surface area contributed by atoms with Crippen molar-refractivity contribution in [3.8, 4) is 0 Å². The Bertz CT molecular complexity index is 1160. The number of carbonyl (C=O) groups is 1. The van der Waals surface area contributed by atoms with Crippen molar-refractivity contribution < 1.29 is 13.2 Å². The summed E-state index contributed by atoms with van der Waals surface area (Å²) in [4.78, 5) is 11.7. The minimum atomic E-state index is -3.73. The van der Waals surface area contributed by atoms with Gasteiger partial charge in [0.2, 0.25) is 15.9 Å². The molecule has 0 bridgehead atoms. The highest BCUT2D eigenvalue weighted by molar-refractivity contribution is 7.89. The molecule has 10 heteroatoms. The van der Waals surface area contributed by atoms with Gasteiger partial charge < -0.3 is 5.32 Å². The molecule has 2 aromatic carbocycles. The van der Waals surface area contributed by atoms with Crippen molar-refractivity contribution in [1.82, 2.24) is 10.2 Å². The first kappa shape index (κ1) is 15.4. The molecule has 0 saturated heterocycles. The third-order valence-electron chi connectivity index (χ3n) is 3.96. The van der Waals surface area contributed by atoms with E-state index in [0.29, 0.717) is 17.6 Å². The Morgan fingerprint density at radius 1 is 1.08 bits per heavy atom. The van der Waals surface area contributed by atoms with Crippen molar-refractivity contribution >= 4 is 38.2 Å². The molecule has 0 fully saturated rings. The SMILES string of the molecule is NS(=O)(=O)c1ccc(NN=c2[nH][nH]c3ccc4c(c23)CC(=O)N4)cc1. The molecule has 0 unspecified atom stereocenters. The molecule has 3 aromatic rings. The molecule has 4 rings (SSSR count). The van der Waals surface area contributed by atoms with Crippen molar-refractivity contribution in [3.05, 3.63) is 47.4 Å². The van der Waals surface area contributed by atoms with E-state index in [2.05, 4.69) is 26.0 Å². The van der Waals surface area contributed by atoms with Crippen LogP contribution in [0.3, 0.4) is 0 Å². The van der Waals surface area contributed by atoms with Gasteiger partial charge in [0, 0.05) is 5.69 Å². The Kier molecular flexibility index (Phi) is 3.37. The van der Waals surface area contributed by atoms with Gasteiger partial charge in [-0.2, -0.15) is 5.10 Å². The fourth-order valence-corrected chi connectivity index (χ4v) is 3.31. The molecule has 1 aliphatic rings. The predicted molar refractivity (Wildman–Crippen MR) is 92.0 cm³/mol. The standard InChI is InChI=1S/C15H14N6O3S/c16-25(23,24)9-3-1-8(2-4-9)18-20-15-14-10-7-13(22)17-11(10)5-6-12(14)19-21-15/h1-6,18H,7H2,(H,17,22)(H2,16,23,24)(H2,19,20,21). The number of benzene rings is 2. The lowest BCUT2D eigenvalue weighted by atomic mass is 10.1. The Morgan fingerprint density at radius 2 is 1.84 bits per heavy atom. The van der Waals surface area contributed by atoms with Crippen LogP contribution in [0.5, 0.6) is 0 Å². The minimum absolute atomic E-state index is 0.0270. The molecule has 6 N–H and O–H groups in total. The molecular weight excluding hydrogens is 344 g/mol. The number of amides is 1. The zero-order chi connectivity index (χ0) is 17.6. The van der Waals surface area contributed by atoms with Gasteiger partial charge in [-0.05, 0) is 42.0 Å². The molecule has 128 valence electrons. The van der Waals surface area contributed by atoms with Crippen LogP contribution in [-0.2, 0) is 21.2 Å². The fourth-order valence-electron chi connectivity index (χ4n) is 2.79. The first-order chi connectivity index (χ1) is 11.9. The van der Waals surface area contributed by atoms with Crippen molar-refractivity contribution in [3.63, 3.8) is 0 Å². The van der Waals surface area contributed by atoms with Crippen LogP contribution in [0.15, 0.2) is 46.4 Å². The fraction of sp³-hybridized carbons (Fsp3) is 0.0667. The molecular formula is C15H14N6O3S. The van der Waals surface area contributed by atoms with Crippen LogP contribution in [-0.4, -0.2) is 24.5 Å². The Morgan fingerprint density at radius 3 is 2.56 bits per heavy atom. The number of sulfonamides is 1. The molecule has 0 atom stereocenters. The van der Waals surface area contributed by atoms with E-state index in [0.717, 1.165) is 22.2 Å². The minimum Gasteiger partial charge on any atom is -0.326 e. The lowest BCUT2D eigenvalue weighted by molar-refractivity contribution is -0.115. The number of anilines is 2. The summed E-state index contributed by atoms with van der Waals surface area (Å²) in [6.45, 7) is 0. The molecule has 1 amide bonds. The normalized spacial score (nSPS) is 14.6. The number of nitrogens with zero attached hydrogens (tertiary/aromatic N) is 1. The number of nitrogens with one attached hydrogen (secondary N) is 4. The summed E-state index contributed by atoms with van der Waals surface area (Å²) in [6, 6.07) is 9.62. The van der Waals surface area contributed by atoms with Crippen LogP contribution >= 0.6 is 0 Å². The molecule has 0 radical (unpaired) electrons. The van der Waals surface area contributed by atoms with Gasteiger partial charge in [0.1, 0.15) is 0 Å². The van der Waals surface area contributed by atoms with Crippen molar-refractivity contribution in [1.29, 1.82) is 0 Å². The number of hydrogen-bond donors (Lipinski definition) is 5. The van der Waals surface area contributed by atoms with Gasteiger partial charge in [0.05, 0.1) is 27.9 Å². The van der Waals surface area contributed by atoms with Crippen LogP contribution in [0.2, 0.25) is 0 Å². The third-order valence-corrected chi connectivity index (χ3v) is 4.89. The summed E-state index contributed by atoms with van der Waals surface area (Å²) in [5.41, 5.74) is 6.48. The van der Waals surface area contributed by atoms with E-state index >= 15 is 0 Å². The average molecular weight is 358 g/mol. The molecule has 1 aromatic heterocycles. The molecule has 1 aliphatic heterocycles. The summed E-state index contributed by atoms with van der Waals surface area (Å²) < 4.78 is 22.5. The summed E-state index contributed by atoms with van der Waals surface area (Å²) in [6.07, 6.45) is 0.296. The molecule has 0 aliphatic carbocycles. The number of aromatic nitrogens is 2.